The molecule has 0 radical (unpaired) electrons. The molecule has 1 aromatic carbocycles. The second kappa shape index (κ2) is 6.75. The predicted octanol–water partition coefficient (Wildman–Crippen LogP) is 4.05. The Morgan fingerprint density at radius 3 is 2.57 bits per heavy atom. The Hall–Kier alpha value is -1.13. The van der Waals surface area contributed by atoms with Gasteiger partial charge in [-0.3, -0.25) is 4.68 Å². The SMILES string of the molecule is NCC(Cc1ccn(C2CCCC2)n1)c1ccc(Br)cc1. The zero-order valence-electron chi connectivity index (χ0n) is 12.2. The molecule has 1 aromatic heterocycles. The molecule has 1 fully saturated rings. The first-order valence-electron chi connectivity index (χ1n) is 7.76. The summed E-state index contributed by atoms with van der Waals surface area (Å²) in [4.78, 5) is 0. The van der Waals surface area contributed by atoms with E-state index in [-0.39, 0.29) is 0 Å². The smallest absolute Gasteiger partial charge is 0.0631 e. The van der Waals surface area contributed by atoms with Crippen LogP contribution in [0.25, 0.3) is 0 Å². The van der Waals surface area contributed by atoms with E-state index in [1.807, 2.05) is 0 Å². The maximum absolute atomic E-state index is 5.97. The van der Waals surface area contributed by atoms with Crippen molar-refractivity contribution in [2.24, 2.45) is 5.73 Å². The van der Waals surface area contributed by atoms with Crippen molar-refractivity contribution in [1.29, 1.82) is 0 Å². The molecule has 0 bridgehead atoms. The van der Waals surface area contributed by atoms with E-state index < -0.39 is 0 Å². The van der Waals surface area contributed by atoms with Gasteiger partial charge in [-0.15, -0.1) is 0 Å². The van der Waals surface area contributed by atoms with Gasteiger partial charge in [0.2, 0.25) is 0 Å². The Labute approximate surface area is 134 Å². The molecule has 1 atom stereocenters. The molecule has 3 nitrogen and oxygen atoms in total. The van der Waals surface area contributed by atoms with E-state index in [0.29, 0.717) is 18.5 Å². The highest BCUT2D eigenvalue weighted by molar-refractivity contribution is 9.10. The number of nitrogens with zero attached hydrogens (tertiary/aromatic N) is 2. The van der Waals surface area contributed by atoms with Crippen LogP contribution in [-0.4, -0.2) is 16.3 Å². The van der Waals surface area contributed by atoms with Gasteiger partial charge >= 0.3 is 0 Å². The average Bonchev–Trinajstić information content (AvgIpc) is 3.17. The van der Waals surface area contributed by atoms with Crippen molar-refractivity contribution in [3.05, 3.63) is 52.3 Å². The van der Waals surface area contributed by atoms with Crippen LogP contribution in [0.15, 0.2) is 41.0 Å². The molecule has 3 rings (SSSR count). The van der Waals surface area contributed by atoms with Gasteiger partial charge in [-0.2, -0.15) is 5.10 Å². The standard InChI is InChI=1S/C17H22BrN3/c18-15-7-5-13(6-8-15)14(12-19)11-16-9-10-21(20-16)17-3-1-2-4-17/h5-10,14,17H,1-4,11-12,19H2. The van der Waals surface area contributed by atoms with Crippen LogP contribution in [-0.2, 0) is 6.42 Å². The molecule has 1 heterocycles. The molecule has 0 amide bonds. The van der Waals surface area contributed by atoms with Crippen LogP contribution in [0.2, 0.25) is 0 Å². The van der Waals surface area contributed by atoms with Crippen molar-refractivity contribution in [3.8, 4) is 0 Å². The first-order chi connectivity index (χ1) is 10.3. The highest BCUT2D eigenvalue weighted by Crippen LogP contribution is 2.29. The minimum absolute atomic E-state index is 0.338. The first kappa shape index (κ1) is 14.8. The molecule has 21 heavy (non-hydrogen) atoms. The lowest BCUT2D eigenvalue weighted by Gasteiger charge is -2.14. The highest BCUT2D eigenvalue weighted by Gasteiger charge is 2.18. The quantitative estimate of drug-likeness (QED) is 0.886. The minimum atomic E-state index is 0.338. The molecule has 112 valence electrons. The molecule has 0 spiro atoms. The largest absolute Gasteiger partial charge is 0.330 e. The molecule has 1 aliphatic rings. The zero-order chi connectivity index (χ0) is 14.7. The third-order valence-corrected chi connectivity index (χ3v) is 4.97. The lowest BCUT2D eigenvalue weighted by molar-refractivity contribution is 0.461. The van der Waals surface area contributed by atoms with Gasteiger partial charge in [-0.05, 0) is 49.6 Å². The van der Waals surface area contributed by atoms with Crippen molar-refractivity contribution < 1.29 is 0 Å². The van der Waals surface area contributed by atoms with E-state index in [1.54, 1.807) is 0 Å². The van der Waals surface area contributed by atoms with E-state index in [1.165, 1.54) is 31.2 Å². The Balaban J connectivity index is 1.70. The number of nitrogens with two attached hydrogens (primary N) is 1. The van der Waals surface area contributed by atoms with Gasteiger partial charge in [-0.25, -0.2) is 0 Å². The minimum Gasteiger partial charge on any atom is -0.330 e. The lowest BCUT2D eigenvalue weighted by Crippen LogP contribution is -2.15. The van der Waals surface area contributed by atoms with Crippen LogP contribution in [0.3, 0.4) is 0 Å². The van der Waals surface area contributed by atoms with Gasteiger partial charge in [0, 0.05) is 16.6 Å². The van der Waals surface area contributed by atoms with Crippen LogP contribution in [0.1, 0.15) is 48.9 Å². The molecule has 1 aliphatic carbocycles. The summed E-state index contributed by atoms with van der Waals surface area (Å²) >= 11 is 3.48. The molecule has 0 aliphatic heterocycles. The van der Waals surface area contributed by atoms with Crippen LogP contribution in [0.4, 0.5) is 0 Å². The van der Waals surface area contributed by atoms with Crippen LogP contribution in [0.5, 0.6) is 0 Å². The summed E-state index contributed by atoms with van der Waals surface area (Å²) in [6.07, 6.45) is 8.27. The van der Waals surface area contributed by atoms with Crippen molar-refractivity contribution in [3.63, 3.8) is 0 Å². The topological polar surface area (TPSA) is 43.8 Å². The molecule has 2 N–H and O–H groups in total. The number of rotatable bonds is 5. The normalized spacial score (nSPS) is 17.2. The molecule has 0 saturated heterocycles. The molecule has 1 unspecified atom stereocenters. The van der Waals surface area contributed by atoms with Crippen molar-refractivity contribution >= 4 is 15.9 Å². The zero-order valence-corrected chi connectivity index (χ0v) is 13.8. The molecule has 4 heteroatoms. The molecular formula is C17H22BrN3. The fourth-order valence-electron chi connectivity index (χ4n) is 3.18. The number of hydrogen-bond acceptors (Lipinski definition) is 2. The summed E-state index contributed by atoms with van der Waals surface area (Å²) in [5.41, 5.74) is 8.41. The summed E-state index contributed by atoms with van der Waals surface area (Å²) in [6, 6.07) is 11.2. The fourth-order valence-corrected chi connectivity index (χ4v) is 3.45. The monoisotopic (exact) mass is 347 g/mol. The second-order valence-corrected chi connectivity index (χ2v) is 6.83. The number of hydrogen-bond donors (Lipinski definition) is 1. The van der Waals surface area contributed by atoms with E-state index in [9.17, 15) is 0 Å². The Kier molecular flexibility index (Phi) is 4.76. The van der Waals surface area contributed by atoms with Gasteiger partial charge in [-0.1, -0.05) is 40.9 Å². The third-order valence-electron chi connectivity index (χ3n) is 4.44. The third kappa shape index (κ3) is 3.55. The van der Waals surface area contributed by atoms with Gasteiger partial charge in [0.05, 0.1) is 11.7 Å². The van der Waals surface area contributed by atoms with Crippen molar-refractivity contribution in [2.45, 2.75) is 44.1 Å². The summed E-state index contributed by atoms with van der Waals surface area (Å²) in [5, 5.41) is 4.77. The molecule has 1 saturated carbocycles. The van der Waals surface area contributed by atoms with E-state index in [2.05, 4.69) is 57.1 Å². The second-order valence-electron chi connectivity index (χ2n) is 5.91. The maximum Gasteiger partial charge on any atom is 0.0631 e. The van der Waals surface area contributed by atoms with Crippen LogP contribution >= 0.6 is 15.9 Å². The Morgan fingerprint density at radius 1 is 1.19 bits per heavy atom. The van der Waals surface area contributed by atoms with Crippen molar-refractivity contribution in [2.75, 3.05) is 6.54 Å². The van der Waals surface area contributed by atoms with Crippen molar-refractivity contribution in [1.82, 2.24) is 9.78 Å². The summed E-state index contributed by atoms with van der Waals surface area (Å²) < 4.78 is 3.27. The summed E-state index contributed by atoms with van der Waals surface area (Å²) in [6.45, 7) is 0.651. The Morgan fingerprint density at radius 2 is 1.90 bits per heavy atom. The van der Waals surface area contributed by atoms with Gasteiger partial charge in [0.25, 0.3) is 0 Å². The molecule has 2 aromatic rings. The number of aromatic nitrogens is 2. The number of benzene rings is 1. The average molecular weight is 348 g/mol. The maximum atomic E-state index is 5.97. The first-order valence-corrected chi connectivity index (χ1v) is 8.55. The van der Waals surface area contributed by atoms with Crippen LogP contribution < -0.4 is 5.73 Å². The highest BCUT2D eigenvalue weighted by atomic mass is 79.9. The van der Waals surface area contributed by atoms with Crippen LogP contribution in [0, 0.1) is 0 Å². The summed E-state index contributed by atoms with van der Waals surface area (Å²) in [7, 11) is 0. The van der Waals surface area contributed by atoms with Gasteiger partial charge in [0.15, 0.2) is 0 Å². The van der Waals surface area contributed by atoms with E-state index in [0.717, 1.165) is 16.6 Å². The fraction of sp³-hybridized carbons (Fsp3) is 0.471. The lowest BCUT2D eigenvalue weighted by atomic mass is 9.94. The van der Waals surface area contributed by atoms with E-state index >= 15 is 0 Å². The predicted molar refractivity (Wildman–Crippen MR) is 89.4 cm³/mol. The Bertz CT molecular complexity index is 570. The van der Waals surface area contributed by atoms with Gasteiger partial charge < -0.3 is 5.73 Å². The van der Waals surface area contributed by atoms with Gasteiger partial charge in [0.1, 0.15) is 0 Å². The molecular weight excluding hydrogens is 326 g/mol. The summed E-state index contributed by atoms with van der Waals surface area (Å²) in [5.74, 6) is 0.338. The number of halogens is 1. The van der Waals surface area contributed by atoms with E-state index in [4.69, 9.17) is 10.8 Å².